The molecule has 0 saturated carbocycles. The summed E-state index contributed by atoms with van der Waals surface area (Å²) >= 11 is 0. The van der Waals surface area contributed by atoms with E-state index in [0.717, 1.165) is 18.4 Å². The quantitative estimate of drug-likeness (QED) is 0.620. The molecular weight excluding hydrogens is 230 g/mol. The lowest BCUT2D eigenvalue weighted by molar-refractivity contribution is 0.146. The van der Waals surface area contributed by atoms with Crippen LogP contribution in [0.25, 0.3) is 5.57 Å². The fraction of sp³-hybridized carbons (Fsp3) is 0.357. The van der Waals surface area contributed by atoms with Gasteiger partial charge in [-0.25, -0.2) is 9.59 Å². The van der Waals surface area contributed by atoms with Crippen LogP contribution in [0.15, 0.2) is 30.3 Å². The normalized spacial score (nSPS) is 9.39. The van der Waals surface area contributed by atoms with Crippen LogP contribution in [0.3, 0.4) is 0 Å². The molecule has 1 aromatic carbocycles. The summed E-state index contributed by atoms with van der Waals surface area (Å²) < 4.78 is 4.92. The molecule has 0 aliphatic carbocycles. The molecule has 4 heteroatoms. The number of hydrogen-bond donors (Lipinski definition) is 1. The van der Waals surface area contributed by atoms with E-state index in [1.807, 2.05) is 31.1 Å². The van der Waals surface area contributed by atoms with E-state index in [1.165, 1.54) is 0 Å². The minimum atomic E-state index is -0.507. The van der Waals surface area contributed by atoms with Crippen LogP contribution in [0.4, 0.5) is 4.79 Å². The van der Waals surface area contributed by atoms with Crippen LogP contribution >= 0.6 is 0 Å². The van der Waals surface area contributed by atoms with E-state index in [4.69, 9.17) is 4.74 Å². The number of alkyl carbamates (subject to hydrolysis) is 1. The van der Waals surface area contributed by atoms with Gasteiger partial charge in [0.05, 0.1) is 18.7 Å². The molecule has 0 saturated heterocycles. The summed E-state index contributed by atoms with van der Waals surface area (Å²) in [5.74, 6) is 1.84. The molecule has 0 unspecified atom stereocenters. The first-order valence-electron chi connectivity index (χ1n) is 5.98. The van der Waals surface area contributed by atoms with E-state index in [1.54, 1.807) is 12.1 Å². The van der Waals surface area contributed by atoms with Crippen molar-refractivity contribution >= 4 is 17.6 Å². The fourth-order valence-electron chi connectivity index (χ4n) is 1.36. The van der Waals surface area contributed by atoms with E-state index in [0.29, 0.717) is 12.2 Å². The predicted molar refractivity (Wildman–Crippen MR) is 69.8 cm³/mol. The number of ether oxygens (including phenoxy) is 1. The number of hydrogen-bond acceptors (Lipinski definition) is 3. The highest BCUT2D eigenvalue weighted by molar-refractivity contribution is 5.89. The van der Waals surface area contributed by atoms with E-state index in [9.17, 15) is 9.59 Å². The second-order valence-electron chi connectivity index (χ2n) is 3.79. The van der Waals surface area contributed by atoms with Gasteiger partial charge in [-0.2, -0.15) is 0 Å². The summed E-state index contributed by atoms with van der Waals surface area (Å²) in [6.07, 6.45) is 1.30. The van der Waals surface area contributed by atoms with Gasteiger partial charge in [-0.05, 0) is 12.0 Å². The number of carbonyl (C=O) groups excluding carboxylic acids is 2. The van der Waals surface area contributed by atoms with Crippen molar-refractivity contribution in [2.75, 3.05) is 13.2 Å². The Hall–Kier alpha value is -2.06. The van der Waals surface area contributed by atoms with Crippen LogP contribution in [0, 0.1) is 0 Å². The van der Waals surface area contributed by atoms with Gasteiger partial charge in [0.1, 0.15) is 5.94 Å². The Balaban J connectivity index is 2.42. The number of rotatable bonds is 6. The van der Waals surface area contributed by atoms with Crippen molar-refractivity contribution in [3.05, 3.63) is 35.9 Å². The first-order valence-corrected chi connectivity index (χ1v) is 5.98. The summed E-state index contributed by atoms with van der Waals surface area (Å²) in [6.45, 7) is 2.54. The molecule has 0 aliphatic rings. The van der Waals surface area contributed by atoms with Gasteiger partial charge >= 0.3 is 6.09 Å². The Bertz CT molecular complexity index is 422. The molecule has 1 N–H and O–H groups in total. The van der Waals surface area contributed by atoms with Crippen molar-refractivity contribution in [3.63, 3.8) is 0 Å². The average Bonchev–Trinajstić information content (AvgIpc) is 2.41. The number of unbranched alkanes of at least 4 members (excludes halogenated alkanes) is 1. The molecule has 0 aromatic heterocycles. The Morgan fingerprint density at radius 3 is 2.67 bits per heavy atom. The van der Waals surface area contributed by atoms with Crippen molar-refractivity contribution in [2.24, 2.45) is 0 Å². The van der Waals surface area contributed by atoms with Gasteiger partial charge in [-0.3, -0.25) is 0 Å². The largest absolute Gasteiger partial charge is 0.450 e. The fourth-order valence-corrected chi connectivity index (χ4v) is 1.36. The standard InChI is InChI=1S/C14H17NO3/c1-2-3-9-18-14(17)15-10-13(11-16)12-7-5-4-6-8-12/h4-8H,2-3,9-10H2,1H3,(H,15,17). The lowest BCUT2D eigenvalue weighted by Gasteiger charge is -2.07. The van der Waals surface area contributed by atoms with Crippen molar-refractivity contribution in [3.8, 4) is 0 Å². The van der Waals surface area contributed by atoms with Gasteiger partial charge in [0.15, 0.2) is 0 Å². The molecule has 1 rings (SSSR count). The maximum atomic E-state index is 11.3. The van der Waals surface area contributed by atoms with Gasteiger partial charge < -0.3 is 10.1 Å². The molecule has 0 atom stereocenters. The summed E-state index contributed by atoms with van der Waals surface area (Å²) in [5, 5.41) is 2.53. The summed E-state index contributed by atoms with van der Waals surface area (Å²) in [5.41, 5.74) is 1.16. The highest BCUT2D eigenvalue weighted by atomic mass is 16.5. The Morgan fingerprint density at radius 2 is 2.06 bits per heavy atom. The highest BCUT2D eigenvalue weighted by Gasteiger charge is 2.06. The van der Waals surface area contributed by atoms with Gasteiger partial charge in [-0.15, -0.1) is 0 Å². The number of amides is 1. The van der Waals surface area contributed by atoms with Crippen LogP contribution in [-0.2, 0) is 9.53 Å². The second kappa shape index (κ2) is 8.09. The van der Waals surface area contributed by atoms with Gasteiger partial charge in [0.2, 0.25) is 0 Å². The van der Waals surface area contributed by atoms with Crippen LogP contribution in [0.5, 0.6) is 0 Å². The SMILES string of the molecule is CCCCOC(=O)NCC(=C=O)c1ccccc1. The molecular formula is C14H17NO3. The third-order valence-corrected chi connectivity index (χ3v) is 2.39. The zero-order valence-corrected chi connectivity index (χ0v) is 10.4. The molecule has 0 spiro atoms. The topological polar surface area (TPSA) is 55.4 Å². The molecule has 18 heavy (non-hydrogen) atoms. The smallest absolute Gasteiger partial charge is 0.407 e. The Labute approximate surface area is 107 Å². The minimum absolute atomic E-state index is 0.123. The van der Waals surface area contributed by atoms with Gasteiger partial charge in [-0.1, -0.05) is 43.7 Å². The molecule has 0 radical (unpaired) electrons. The average molecular weight is 247 g/mol. The van der Waals surface area contributed by atoms with Crippen LogP contribution in [-0.4, -0.2) is 25.2 Å². The molecule has 96 valence electrons. The molecule has 0 fully saturated rings. The summed E-state index contributed by atoms with van der Waals surface area (Å²) in [4.78, 5) is 22.1. The van der Waals surface area contributed by atoms with Gasteiger partial charge in [0, 0.05) is 0 Å². The summed E-state index contributed by atoms with van der Waals surface area (Å²) in [7, 11) is 0. The van der Waals surface area contributed by atoms with Crippen molar-refractivity contribution in [1.29, 1.82) is 0 Å². The molecule has 0 bridgehead atoms. The van der Waals surface area contributed by atoms with E-state index in [2.05, 4.69) is 5.32 Å². The minimum Gasteiger partial charge on any atom is -0.450 e. The third-order valence-electron chi connectivity index (χ3n) is 2.39. The zero-order chi connectivity index (χ0) is 13.2. The highest BCUT2D eigenvalue weighted by Crippen LogP contribution is 2.09. The van der Waals surface area contributed by atoms with Crippen molar-refractivity contribution < 1.29 is 14.3 Å². The number of carbonyl (C=O) groups is 1. The number of nitrogens with one attached hydrogen (secondary N) is 1. The molecule has 0 heterocycles. The van der Waals surface area contributed by atoms with E-state index >= 15 is 0 Å². The molecule has 1 amide bonds. The predicted octanol–water partition coefficient (Wildman–Crippen LogP) is 2.43. The monoisotopic (exact) mass is 247 g/mol. The lowest BCUT2D eigenvalue weighted by Crippen LogP contribution is -2.26. The maximum Gasteiger partial charge on any atom is 0.407 e. The molecule has 0 aliphatic heterocycles. The van der Waals surface area contributed by atoms with Crippen LogP contribution < -0.4 is 5.32 Å². The Morgan fingerprint density at radius 1 is 1.33 bits per heavy atom. The first kappa shape index (κ1) is 14.0. The second-order valence-corrected chi connectivity index (χ2v) is 3.79. The van der Waals surface area contributed by atoms with Crippen molar-refractivity contribution in [1.82, 2.24) is 5.32 Å². The molecule has 4 nitrogen and oxygen atoms in total. The maximum absolute atomic E-state index is 11.3. The van der Waals surface area contributed by atoms with Gasteiger partial charge in [0.25, 0.3) is 0 Å². The van der Waals surface area contributed by atoms with E-state index < -0.39 is 6.09 Å². The Kier molecular flexibility index (Phi) is 6.30. The van der Waals surface area contributed by atoms with Crippen molar-refractivity contribution in [2.45, 2.75) is 19.8 Å². The van der Waals surface area contributed by atoms with Crippen LogP contribution in [0.2, 0.25) is 0 Å². The van der Waals surface area contributed by atoms with E-state index in [-0.39, 0.29) is 6.54 Å². The van der Waals surface area contributed by atoms with Crippen LogP contribution in [0.1, 0.15) is 25.3 Å². The third kappa shape index (κ3) is 4.85. The summed E-state index contributed by atoms with van der Waals surface area (Å²) in [6, 6.07) is 9.10. The lowest BCUT2D eigenvalue weighted by atomic mass is 10.1. The first-order chi connectivity index (χ1) is 8.77. The number of benzene rings is 1. The molecule has 1 aromatic rings. The zero-order valence-electron chi connectivity index (χ0n) is 10.4.